The molecule has 0 bridgehead atoms. The first-order valence-electron chi connectivity index (χ1n) is 8.96. The predicted octanol–water partition coefficient (Wildman–Crippen LogP) is 4.61. The maximum atomic E-state index is 12.5. The molecule has 0 aliphatic rings. The lowest BCUT2D eigenvalue weighted by atomic mass is 10.2. The van der Waals surface area contributed by atoms with Gasteiger partial charge in [-0.2, -0.15) is 0 Å². The lowest BCUT2D eigenvalue weighted by Gasteiger charge is -2.18. The van der Waals surface area contributed by atoms with Crippen LogP contribution in [0.15, 0.2) is 42.5 Å². The summed E-state index contributed by atoms with van der Waals surface area (Å²) in [5, 5.41) is 3.53. The molecule has 0 aliphatic heterocycles. The Hall–Kier alpha value is -2.40. The first-order valence-corrected chi connectivity index (χ1v) is 9.34. The highest BCUT2D eigenvalue weighted by atomic mass is 35.5. The monoisotopic (exact) mass is 391 g/mol. The molecule has 0 spiro atoms. The van der Waals surface area contributed by atoms with E-state index in [-0.39, 0.29) is 12.0 Å². The summed E-state index contributed by atoms with van der Waals surface area (Å²) in [6, 6.07) is 12.6. The van der Waals surface area contributed by atoms with E-state index in [1.807, 2.05) is 39.0 Å². The molecular weight excluding hydrogens is 366 g/mol. The van der Waals surface area contributed by atoms with Crippen molar-refractivity contribution in [3.8, 4) is 17.2 Å². The van der Waals surface area contributed by atoms with Crippen LogP contribution < -0.4 is 19.5 Å². The van der Waals surface area contributed by atoms with Crippen molar-refractivity contribution < 1.29 is 19.0 Å². The van der Waals surface area contributed by atoms with Crippen molar-refractivity contribution in [2.75, 3.05) is 7.11 Å². The van der Waals surface area contributed by atoms with Gasteiger partial charge in [-0.05, 0) is 62.2 Å². The molecule has 1 atom stereocenters. The largest absolute Gasteiger partial charge is 0.493 e. The summed E-state index contributed by atoms with van der Waals surface area (Å²) >= 11 is 5.87. The van der Waals surface area contributed by atoms with Crippen LogP contribution in [0.5, 0.6) is 17.2 Å². The number of hydrogen-bond acceptors (Lipinski definition) is 4. The SMILES string of the molecule is CCC(Oc1ccc(Cl)cc1)C(=O)NCc1ccc(OC(C)C)c(OC)c1. The molecule has 5 nitrogen and oxygen atoms in total. The molecule has 6 heteroatoms. The van der Waals surface area contributed by atoms with Gasteiger partial charge in [-0.3, -0.25) is 4.79 Å². The Kier molecular flexibility index (Phi) is 7.80. The van der Waals surface area contributed by atoms with Gasteiger partial charge in [-0.25, -0.2) is 0 Å². The summed E-state index contributed by atoms with van der Waals surface area (Å²) in [6.45, 7) is 6.19. The number of rotatable bonds is 9. The van der Waals surface area contributed by atoms with Crippen LogP contribution in [0.2, 0.25) is 5.02 Å². The molecular formula is C21H26ClNO4. The number of benzene rings is 2. The Morgan fingerprint density at radius 1 is 1.07 bits per heavy atom. The molecule has 0 aliphatic carbocycles. The number of amides is 1. The second kappa shape index (κ2) is 10.1. The quantitative estimate of drug-likeness (QED) is 0.678. The fourth-order valence-corrected chi connectivity index (χ4v) is 2.60. The highest BCUT2D eigenvalue weighted by Crippen LogP contribution is 2.29. The van der Waals surface area contributed by atoms with Crippen molar-refractivity contribution in [3.05, 3.63) is 53.1 Å². The van der Waals surface area contributed by atoms with E-state index in [1.165, 1.54) is 0 Å². The van der Waals surface area contributed by atoms with Crippen molar-refractivity contribution in [1.82, 2.24) is 5.32 Å². The van der Waals surface area contributed by atoms with E-state index >= 15 is 0 Å². The van der Waals surface area contributed by atoms with Gasteiger partial charge in [0.1, 0.15) is 5.75 Å². The van der Waals surface area contributed by atoms with Crippen molar-refractivity contribution in [1.29, 1.82) is 0 Å². The molecule has 0 aromatic heterocycles. The predicted molar refractivity (Wildman–Crippen MR) is 107 cm³/mol. The van der Waals surface area contributed by atoms with Crippen LogP contribution in [-0.2, 0) is 11.3 Å². The van der Waals surface area contributed by atoms with E-state index in [1.54, 1.807) is 31.4 Å². The van der Waals surface area contributed by atoms with Crippen LogP contribution in [0.3, 0.4) is 0 Å². The first kappa shape index (κ1) is 20.9. The second-order valence-electron chi connectivity index (χ2n) is 6.34. The molecule has 0 saturated heterocycles. The van der Waals surface area contributed by atoms with E-state index in [4.69, 9.17) is 25.8 Å². The average molecular weight is 392 g/mol. The van der Waals surface area contributed by atoms with E-state index in [9.17, 15) is 4.79 Å². The van der Waals surface area contributed by atoms with Crippen LogP contribution in [0.4, 0.5) is 0 Å². The summed E-state index contributed by atoms with van der Waals surface area (Å²) in [5.41, 5.74) is 0.914. The maximum Gasteiger partial charge on any atom is 0.261 e. The number of nitrogens with one attached hydrogen (secondary N) is 1. The standard InChI is InChI=1S/C21H26ClNO4/c1-5-18(27-17-9-7-16(22)8-10-17)21(24)23-13-15-6-11-19(26-14(2)3)20(12-15)25-4/h6-12,14,18H,5,13H2,1-4H3,(H,23,24). The molecule has 2 rings (SSSR count). The number of halogens is 1. The van der Waals surface area contributed by atoms with Crippen LogP contribution in [-0.4, -0.2) is 25.2 Å². The van der Waals surface area contributed by atoms with Gasteiger partial charge in [0.25, 0.3) is 5.91 Å². The van der Waals surface area contributed by atoms with Gasteiger partial charge in [0.05, 0.1) is 13.2 Å². The Morgan fingerprint density at radius 2 is 1.78 bits per heavy atom. The number of methoxy groups -OCH3 is 1. The summed E-state index contributed by atoms with van der Waals surface area (Å²) in [4.78, 5) is 12.5. The van der Waals surface area contributed by atoms with Gasteiger partial charge >= 0.3 is 0 Å². The fraction of sp³-hybridized carbons (Fsp3) is 0.381. The molecule has 27 heavy (non-hydrogen) atoms. The van der Waals surface area contributed by atoms with Gasteiger partial charge in [-0.1, -0.05) is 24.6 Å². The maximum absolute atomic E-state index is 12.5. The number of carbonyl (C=O) groups excluding carboxylic acids is 1. The third-order valence-corrected chi connectivity index (χ3v) is 4.06. The van der Waals surface area contributed by atoms with E-state index in [0.29, 0.717) is 35.2 Å². The third-order valence-electron chi connectivity index (χ3n) is 3.81. The number of ether oxygens (including phenoxy) is 3. The minimum absolute atomic E-state index is 0.0554. The zero-order chi connectivity index (χ0) is 19.8. The lowest BCUT2D eigenvalue weighted by molar-refractivity contribution is -0.128. The smallest absolute Gasteiger partial charge is 0.261 e. The van der Waals surface area contributed by atoms with Crippen molar-refractivity contribution in [2.24, 2.45) is 0 Å². The summed E-state index contributed by atoms with van der Waals surface area (Å²) in [5.74, 6) is 1.76. The van der Waals surface area contributed by atoms with Crippen molar-refractivity contribution in [3.63, 3.8) is 0 Å². The molecule has 0 saturated carbocycles. The molecule has 0 heterocycles. The molecule has 2 aromatic carbocycles. The number of hydrogen-bond donors (Lipinski definition) is 1. The van der Waals surface area contributed by atoms with Gasteiger partial charge in [0.2, 0.25) is 0 Å². The molecule has 0 fully saturated rings. The van der Waals surface area contributed by atoms with E-state index in [0.717, 1.165) is 5.56 Å². The van der Waals surface area contributed by atoms with E-state index < -0.39 is 6.10 Å². The molecule has 0 radical (unpaired) electrons. The Balaban J connectivity index is 1.97. The lowest BCUT2D eigenvalue weighted by Crippen LogP contribution is -2.37. The zero-order valence-corrected chi connectivity index (χ0v) is 16.9. The van der Waals surface area contributed by atoms with Crippen molar-refractivity contribution >= 4 is 17.5 Å². The van der Waals surface area contributed by atoms with Gasteiger partial charge in [0, 0.05) is 11.6 Å². The second-order valence-corrected chi connectivity index (χ2v) is 6.77. The van der Waals surface area contributed by atoms with Gasteiger partial charge < -0.3 is 19.5 Å². The van der Waals surface area contributed by atoms with Crippen LogP contribution in [0.25, 0.3) is 0 Å². The molecule has 146 valence electrons. The number of carbonyl (C=O) groups is 1. The van der Waals surface area contributed by atoms with Gasteiger partial charge in [0.15, 0.2) is 17.6 Å². The summed E-state index contributed by atoms with van der Waals surface area (Å²) in [6.07, 6.45) is 0.0373. The Labute approximate surface area is 165 Å². The molecule has 1 N–H and O–H groups in total. The normalized spacial score (nSPS) is 11.8. The highest BCUT2D eigenvalue weighted by Gasteiger charge is 2.18. The Morgan fingerprint density at radius 3 is 2.37 bits per heavy atom. The Bertz CT molecular complexity index is 746. The minimum atomic E-state index is -0.573. The summed E-state index contributed by atoms with van der Waals surface area (Å²) < 4.78 is 16.8. The van der Waals surface area contributed by atoms with Crippen molar-refractivity contribution in [2.45, 2.75) is 45.9 Å². The average Bonchev–Trinajstić information content (AvgIpc) is 2.66. The minimum Gasteiger partial charge on any atom is -0.493 e. The third kappa shape index (κ3) is 6.36. The van der Waals surface area contributed by atoms with Crippen LogP contribution in [0.1, 0.15) is 32.8 Å². The molecule has 1 unspecified atom stereocenters. The zero-order valence-electron chi connectivity index (χ0n) is 16.1. The highest BCUT2D eigenvalue weighted by molar-refractivity contribution is 6.30. The summed E-state index contributed by atoms with van der Waals surface area (Å²) in [7, 11) is 1.60. The molecule has 2 aromatic rings. The molecule has 1 amide bonds. The van der Waals surface area contributed by atoms with Gasteiger partial charge in [-0.15, -0.1) is 0 Å². The topological polar surface area (TPSA) is 56.8 Å². The van der Waals surface area contributed by atoms with Crippen LogP contribution >= 0.6 is 11.6 Å². The first-order chi connectivity index (χ1) is 12.9. The van der Waals surface area contributed by atoms with E-state index in [2.05, 4.69) is 5.32 Å². The van der Waals surface area contributed by atoms with Crippen LogP contribution in [0, 0.1) is 0 Å². The fourth-order valence-electron chi connectivity index (χ4n) is 2.48.